The molecule has 4 atom stereocenters. The van der Waals surface area contributed by atoms with Gasteiger partial charge in [0.2, 0.25) is 0 Å². The number of allylic oxidation sites excluding steroid dienone is 9. The first kappa shape index (κ1) is 34.2. The smallest absolute Gasteiger partial charge is 0.200 e. The number of hydrogen-bond acceptors (Lipinski definition) is 4. The van der Waals surface area contributed by atoms with Gasteiger partial charge in [0.1, 0.15) is 11.3 Å². The number of carbonyl (C=O) groups is 3. The van der Waals surface area contributed by atoms with Crippen LogP contribution in [0.2, 0.25) is 0 Å². The molecule has 2 aliphatic carbocycles. The molecule has 4 heteroatoms. The average Bonchev–Trinajstić information content (AvgIpc) is 2.93. The maximum atomic E-state index is 15.4. The number of ether oxygens (including phenoxy) is 1. The minimum atomic E-state index is -1.37. The lowest BCUT2D eigenvalue weighted by Crippen LogP contribution is -2.67. The average molecular weight is 585 g/mol. The van der Waals surface area contributed by atoms with Gasteiger partial charge in [0.05, 0.1) is 17.9 Å². The number of methoxy groups -OCH3 is 1. The lowest BCUT2D eigenvalue weighted by atomic mass is 9.39. The fraction of sp³-hybridized carbons (Fsp3) is 0.513. The summed E-state index contributed by atoms with van der Waals surface area (Å²) in [6.45, 7) is 22.8. The molecular weight excluding hydrogens is 532 g/mol. The second-order valence-electron chi connectivity index (χ2n) is 14.1. The van der Waals surface area contributed by atoms with Crippen LogP contribution in [0.5, 0.6) is 0 Å². The Morgan fingerprint density at radius 1 is 0.953 bits per heavy atom. The zero-order valence-electron chi connectivity index (χ0n) is 28.1. The van der Waals surface area contributed by atoms with Crippen molar-refractivity contribution < 1.29 is 19.1 Å². The van der Waals surface area contributed by atoms with E-state index in [0.29, 0.717) is 31.2 Å². The molecule has 0 unspecified atom stereocenters. The second kappa shape index (κ2) is 13.2. The summed E-state index contributed by atoms with van der Waals surface area (Å²) in [5.41, 5.74) is 1.66. The Labute approximate surface area is 260 Å². The van der Waals surface area contributed by atoms with Crippen molar-refractivity contribution in [3.8, 4) is 0 Å². The Morgan fingerprint density at radius 2 is 1.53 bits per heavy atom. The first-order valence-corrected chi connectivity index (χ1v) is 15.6. The fourth-order valence-corrected chi connectivity index (χ4v) is 7.27. The highest BCUT2D eigenvalue weighted by Gasteiger charge is 2.72. The molecule has 2 bridgehead atoms. The summed E-state index contributed by atoms with van der Waals surface area (Å²) in [7, 11) is 1.51. The van der Waals surface area contributed by atoms with Gasteiger partial charge in [-0.15, -0.1) is 0 Å². The van der Waals surface area contributed by atoms with E-state index >= 15 is 9.59 Å². The van der Waals surface area contributed by atoms with Gasteiger partial charge in [-0.2, -0.15) is 0 Å². The maximum Gasteiger partial charge on any atom is 0.200 e. The van der Waals surface area contributed by atoms with Crippen molar-refractivity contribution in [2.45, 2.75) is 94.4 Å². The number of Topliss-reactive ketones (excluding diaryl/α,β-unsaturated/α-hetero) is 3. The van der Waals surface area contributed by atoms with Gasteiger partial charge in [0.15, 0.2) is 17.3 Å². The van der Waals surface area contributed by atoms with E-state index in [1.807, 2.05) is 26.8 Å². The monoisotopic (exact) mass is 584 g/mol. The maximum absolute atomic E-state index is 15.4. The van der Waals surface area contributed by atoms with Crippen LogP contribution in [0.15, 0.2) is 88.8 Å². The Bertz CT molecular complexity index is 1390. The molecule has 232 valence electrons. The molecule has 2 aliphatic rings. The van der Waals surface area contributed by atoms with E-state index in [4.69, 9.17) is 4.74 Å². The quantitative estimate of drug-likeness (QED) is 0.106. The molecule has 0 radical (unpaired) electrons. The molecule has 0 heterocycles. The predicted octanol–water partition coefficient (Wildman–Crippen LogP) is 9.59. The summed E-state index contributed by atoms with van der Waals surface area (Å²) in [5.74, 6) is -0.736. The van der Waals surface area contributed by atoms with Crippen LogP contribution in [-0.4, -0.2) is 24.5 Å². The van der Waals surface area contributed by atoms with Gasteiger partial charge < -0.3 is 4.74 Å². The van der Waals surface area contributed by atoms with Crippen LogP contribution in [0.25, 0.3) is 0 Å². The van der Waals surface area contributed by atoms with Crippen LogP contribution in [0.3, 0.4) is 0 Å². The second-order valence-corrected chi connectivity index (χ2v) is 14.1. The minimum absolute atomic E-state index is 0.00219. The van der Waals surface area contributed by atoms with Crippen LogP contribution in [0.1, 0.15) is 105 Å². The molecule has 0 aliphatic heterocycles. The minimum Gasteiger partial charge on any atom is -0.499 e. The molecule has 0 saturated heterocycles. The molecule has 43 heavy (non-hydrogen) atoms. The highest BCUT2D eigenvalue weighted by atomic mass is 16.5. The number of carbonyl (C=O) groups excluding carboxylic acids is 3. The Morgan fingerprint density at radius 3 is 2.05 bits per heavy atom. The molecule has 1 aromatic rings. The molecule has 0 N–H and O–H groups in total. The van der Waals surface area contributed by atoms with Crippen molar-refractivity contribution in [3.63, 3.8) is 0 Å². The molecule has 3 rings (SSSR count). The van der Waals surface area contributed by atoms with Gasteiger partial charge >= 0.3 is 0 Å². The van der Waals surface area contributed by atoms with Crippen molar-refractivity contribution in [2.75, 3.05) is 7.11 Å². The van der Waals surface area contributed by atoms with E-state index in [0.717, 1.165) is 17.6 Å². The van der Waals surface area contributed by atoms with E-state index < -0.39 is 22.0 Å². The van der Waals surface area contributed by atoms with Crippen LogP contribution in [0.4, 0.5) is 0 Å². The molecular formula is C39H52O4. The van der Waals surface area contributed by atoms with Crippen LogP contribution in [0, 0.1) is 28.1 Å². The largest absolute Gasteiger partial charge is 0.499 e. The third-order valence-electron chi connectivity index (χ3n) is 10.0. The number of hydrogen-bond donors (Lipinski definition) is 0. The predicted molar refractivity (Wildman–Crippen MR) is 177 cm³/mol. The SMILES string of the molecule is C=C(C)[C@H](CC=C(C)C)C[C@@]12C[C@@H](CC=C(C)C)C(C)(C)[C@@](CC=C(C)C)(C1=O)C(OC)=C(C(=O)c1ccccc1)C2=O. The zero-order valence-corrected chi connectivity index (χ0v) is 28.1. The first-order chi connectivity index (χ1) is 20.1. The van der Waals surface area contributed by atoms with Crippen molar-refractivity contribution in [3.05, 3.63) is 94.3 Å². The van der Waals surface area contributed by atoms with E-state index in [9.17, 15) is 4.79 Å². The number of fused-ring (bicyclic) bond motifs is 2. The van der Waals surface area contributed by atoms with Crippen molar-refractivity contribution >= 4 is 17.3 Å². The number of ketones is 3. The van der Waals surface area contributed by atoms with Gasteiger partial charge in [-0.1, -0.05) is 91.3 Å². The molecule has 0 spiro atoms. The zero-order chi connectivity index (χ0) is 32.3. The Kier molecular flexibility index (Phi) is 10.5. The van der Waals surface area contributed by atoms with Crippen LogP contribution < -0.4 is 0 Å². The number of benzene rings is 1. The molecule has 0 aromatic heterocycles. The molecule has 4 nitrogen and oxygen atoms in total. The molecule has 1 fully saturated rings. The summed E-state index contributed by atoms with van der Waals surface area (Å²) >= 11 is 0. The summed E-state index contributed by atoms with van der Waals surface area (Å²) in [5, 5.41) is 0. The van der Waals surface area contributed by atoms with Crippen LogP contribution >= 0.6 is 0 Å². The lowest BCUT2D eigenvalue weighted by Gasteiger charge is -2.61. The van der Waals surface area contributed by atoms with E-state index in [-0.39, 0.29) is 34.7 Å². The number of rotatable bonds is 12. The van der Waals surface area contributed by atoms with Gasteiger partial charge in [-0.05, 0) is 97.8 Å². The van der Waals surface area contributed by atoms with Crippen molar-refractivity contribution in [2.24, 2.45) is 28.1 Å². The van der Waals surface area contributed by atoms with Gasteiger partial charge in [0, 0.05) is 5.56 Å². The standard InChI is InChI=1S/C39H52O4/c1-25(2)17-19-30(28(7)8)23-38-24-31(20-18-26(3)4)37(9,10)39(36(38)42,22-21-27(5)6)35(43-11)32(34(38)41)33(40)29-15-13-12-14-16-29/h12-18,21,30-31H,7,19-20,22-24H2,1-6,8-11H3/t30-,31-,38+,39-/m1/s1. The summed E-state index contributed by atoms with van der Waals surface area (Å²) in [4.78, 5) is 44.8. The van der Waals surface area contributed by atoms with E-state index in [1.54, 1.807) is 24.3 Å². The van der Waals surface area contributed by atoms with E-state index in [1.165, 1.54) is 18.3 Å². The highest BCUT2D eigenvalue weighted by Crippen LogP contribution is 2.68. The summed E-state index contributed by atoms with van der Waals surface area (Å²) in [6, 6.07) is 8.89. The van der Waals surface area contributed by atoms with Gasteiger partial charge in [-0.3, -0.25) is 14.4 Å². The molecule has 0 amide bonds. The Balaban J connectivity index is 2.48. The van der Waals surface area contributed by atoms with Gasteiger partial charge in [0.25, 0.3) is 0 Å². The fourth-order valence-electron chi connectivity index (χ4n) is 7.27. The Hall–Kier alpha value is -3.27. The van der Waals surface area contributed by atoms with Crippen molar-refractivity contribution in [1.29, 1.82) is 0 Å². The molecule has 1 saturated carbocycles. The third kappa shape index (κ3) is 6.21. The van der Waals surface area contributed by atoms with Gasteiger partial charge in [-0.25, -0.2) is 0 Å². The summed E-state index contributed by atoms with van der Waals surface area (Å²) < 4.78 is 6.14. The topological polar surface area (TPSA) is 60.4 Å². The highest BCUT2D eigenvalue weighted by molar-refractivity contribution is 6.34. The van der Waals surface area contributed by atoms with Crippen molar-refractivity contribution in [1.82, 2.24) is 0 Å². The van der Waals surface area contributed by atoms with E-state index in [2.05, 4.69) is 66.3 Å². The van der Waals surface area contributed by atoms with Crippen LogP contribution in [-0.2, 0) is 14.3 Å². The lowest BCUT2D eigenvalue weighted by molar-refractivity contribution is -0.171. The molecule has 1 aromatic carbocycles. The third-order valence-corrected chi connectivity index (χ3v) is 10.0. The summed E-state index contributed by atoms with van der Waals surface area (Å²) in [6.07, 6.45) is 8.95. The first-order valence-electron chi connectivity index (χ1n) is 15.6. The normalized spacial score (nSPS) is 25.0.